The third-order valence-corrected chi connectivity index (χ3v) is 3.27. The summed E-state index contributed by atoms with van der Waals surface area (Å²) in [5, 5.41) is 14.5. The van der Waals surface area contributed by atoms with Crippen molar-refractivity contribution in [2.45, 2.75) is 51.6 Å². The molecule has 1 aromatic rings. The minimum Gasteiger partial charge on any atom is -0.479 e. The Labute approximate surface area is 125 Å². The Morgan fingerprint density at radius 1 is 1.14 bits per heavy atom. The molecule has 1 rings (SSSR count). The van der Waals surface area contributed by atoms with Crippen molar-refractivity contribution in [1.29, 1.82) is 0 Å². The SMILES string of the molecule is CCCCCC(C)NC(=O)N[C@H](C(=O)O)c1ccccc1. The highest BCUT2D eigenvalue weighted by atomic mass is 16.4. The monoisotopic (exact) mass is 292 g/mol. The van der Waals surface area contributed by atoms with Crippen molar-refractivity contribution in [1.82, 2.24) is 10.6 Å². The van der Waals surface area contributed by atoms with Crippen molar-refractivity contribution < 1.29 is 14.7 Å². The first-order valence-corrected chi connectivity index (χ1v) is 7.39. The van der Waals surface area contributed by atoms with Gasteiger partial charge in [-0.3, -0.25) is 0 Å². The maximum absolute atomic E-state index is 11.9. The van der Waals surface area contributed by atoms with Gasteiger partial charge < -0.3 is 15.7 Å². The van der Waals surface area contributed by atoms with Gasteiger partial charge in [-0.15, -0.1) is 0 Å². The summed E-state index contributed by atoms with van der Waals surface area (Å²) in [5.74, 6) is -1.07. The number of hydrogen-bond donors (Lipinski definition) is 3. The molecule has 2 atom stereocenters. The van der Waals surface area contributed by atoms with Gasteiger partial charge in [0.15, 0.2) is 6.04 Å². The lowest BCUT2D eigenvalue weighted by Gasteiger charge is -2.18. The molecule has 0 bridgehead atoms. The Hall–Kier alpha value is -2.04. The molecular formula is C16H24N2O3. The molecule has 5 heteroatoms. The van der Waals surface area contributed by atoms with Crippen molar-refractivity contribution in [3.63, 3.8) is 0 Å². The molecule has 0 aromatic heterocycles. The van der Waals surface area contributed by atoms with Crippen LogP contribution in [0.25, 0.3) is 0 Å². The number of carbonyl (C=O) groups excluding carboxylic acids is 1. The van der Waals surface area contributed by atoms with E-state index in [1.807, 2.05) is 6.92 Å². The lowest BCUT2D eigenvalue weighted by Crippen LogP contribution is -2.44. The standard InChI is InChI=1S/C16H24N2O3/c1-3-4-6-9-12(2)17-16(21)18-14(15(19)20)13-10-7-5-8-11-13/h5,7-8,10-12,14H,3-4,6,9H2,1-2H3,(H,19,20)(H2,17,18,21)/t12?,14-/m0/s1. The predicted octanol–water partition coefficient (Wildman–Crippen LogP) is 3.08. The van der Waals surface area contributed by atoms with Gasteiger partial charge in [-0.2, -0.15) is 0 Å². The second-order valence-electron chi connectivity index (χ2n) is 5.20. The van der Waals surface area contributed by atoms with Crippen molar-refractivity contribution >= 4 is 12.0 Å². The van der Waals surface area contributed by atoms with E-state index in [4.69, 9.17) is 0 Å². The van der Waals surface area contributed by atoms with E-state index in [-0.39, 0.29) is 6.04 Å². The number of unbranched alkanes of at least 4 members (excludes halogenated alkanes) is 2. The normalized spacial score (nSPS) is 13.2. The fraction of sp³-hybridized carbons (Fsp3) is 0.500. The van der Waals surface area contributed by atoms with Crippen LogP contribution in [0.1, 0.15) is 51.1 Å². The zero-order valence-corrected chi connectivity index (χ0v) is 12.6. The molecule has 1 aromatic carbocycles. The van der Waals surface area contributed by atoms with E-state index < -0.39 is 18.0 Å². The van der Waals surface area contributed by atoms with Gasteiger partial charge in [0, 0.05) is 6.04 Å². The number of rotatable bonds is 8. The zero-order valence-electron chi connectivity index (χ0n) is 12.6. The van der Waals surface area contributed by atoms with Gasteiger partial charge in [0.2, 0.25) is 0 Å². The first-order valence-electron chi connectivity index (χ1n) is 7.39. The van der Waals surface area contributed by atoms with E-state index in [1.54, 1.807) is 30.3 Å². The number of amides is 2. The summed E-state index contributed by atoms with van der Waals surface area (Å²) in [4.78, 5) is 23.2. The van der Waals surface area contributed by atoms with E-state index >= 15 is 0 Å². The number of carboxylic acid groups (broad SMARTS) is 1. The smallest absolute Gasteiger partial charge is 0.330 e. The van der Waals surface area contributed by atoms with Crippen LogP contribution < -0.4 is 10.6 Å². The average molecular weight is 292 g/mol. The third-order valence-electron chi connectivity index (χ3n) is 3.27. The molecule has 0 saturated heterocycles. The van der Waals surface area contributed by atoms with Gasteiger partial charge in [0.1, 0.15) is 0 Å². The summed E-state index contributed by atoms with van der Waals surface area (Å²) < 4.78 is 0. The summed E-state index contributed by atoms with van der Waals surface area (Å²) in [6.45, 7) is 4.05. The van der Waals surface area contributed by atoms with Gasteiger partial charge >= 0.3 is 12.0 Å². The van der Waals surface area contributed by atoms with Crippen LogP contribution in [-0.4, -0.2) is 23.1 Å². The van der Waals surface area contributed by atoms with Crippen LogP contribution in [0.2, 0.25) is 0 Å². The molecule has 1 unspecified atom stereocenters. The Morgan fingerprint density at radius 2 is 1.81 bits per heavy atom. The van der Waals surface area contributed by atoms with E-state index in [9.17, 15) is 14.7 Å². The minimum atomic E-state index is -1.07. The number of urea groups is 1. The van der Waals surface area contributed by atoms with Gasteiger partial charge in [-0.25, -0.2) is 9.59 Å². The van der Waals surface area contributed by atoms with Gasteiger partial charge in [0.05, 0.1) is 0 Å². The van der Waals surface area contributed by atoms with Gasteiger partial charge in [-0.1, -0.05) is 56.5 Å². The number of nitrogens with one attached hydrogen (secondary N) is 2. The lowest BCUT2D eigenvalue weighted by molar-refractivity contribution is -0.139. The molecule has 2 amide bonds. The second-order valence-corrected chi connectivity index (χ2v) is 5.20. The molecule has 5 nitrogen and oxygen atoms in total. The molecule has 0 heterocycles. The minimum absolute atomic E-state index is 0.0294. The van der Waals surface area contributed by atoms with Crippen LogP contribution in [0.3, 0.4) is 0 Å². The van der Waals surface area contributed by atoms with Crippen LogP contribution in [0.4, 0.5) is 4.79 Å². The van der Waals surface area contributed by atoms with Crippen molar-refractivity contribution in [3.05, 3.63) is 35.9 Å². The molecule has 21 heavy (non-hydrogen) atoms. The third kappa shape index (κ3) is 6.29. The number of benzene rings is 1. The molecule has 0 aliphatic rings. The molecule has 0 fully saturated rings. The first-order chi connectivity index (χ1) is 10.0. The maximum atomic E-state index is 11.9. The molecule has 0 aliphatic heterocycles. The molecule has 0 aliphatic carbocycles. The quantitative estimate of drug-likeness (QED) is 0.644. The van der Waals surface area contributed by atoms with Crippen LogP contribution in [0, 0.1) is 0 Å². The van der Waals surface area contributed by atoms with Gasteiger partial charge in [-0.05, 0) is 18.9 Å². The summed E-state index contributed by atoms with van der Waals surface area (Å²) in [6, 6.07) is 7.22. The fourth-order valence-electron chi connectivity index (χ4n) is 2.10. The highest BCUT2D eigenvalue weighted by molar-refractivity contribution is 5.83. The van der Waals surface area contributed by atoms with E-state index in [0.717, 1.165) is 25.7 Å². The number of carbonyl (C=O) groups is 2. The highest BCUT2D eigenvalue weighted by Crippen LogP contribution is 2.12. The van der Waals surface area contributed by atoms with E-state index in [2.05, 4.69) is 17.6 Å². The number of aliphatic carboxylic acids is 1. The van der Waals surface area contributed by atoms with Crippen molar-refractivity contribution in [2.75, 3.05) is 0 Å². The Balaban J connectivity index is 2.52. The molecule has 3 N–H and O–H groups in total. The Kier molecular flexibility index (Phi) is 7.29. The fourth-order valence-corrected chi connectivity index (χ4v) is 2.10. The summed E-state index contributed by atoms with van der Waals surface area (Å²) >= 11 is 0. The maximum Gasteiger partial charge on any atom is 0.330 e. The number of carboxylic acids is 1. The highest BCUT2D eigenvalue weighted by Gasteiger charge is 2.22. The second kappa shape index (κ2) is 9.00. The number of hydrogen-bond acceptors (Lipinski definition) is 2. The molecule has 0 radical (unpaired) electrons. The Morgan fingerprint density at radius 3 is 2.38 bits per heavy atom. The topological polar surface area (TPSA) is 78.4 Å². The average Bonchev–Trinajstić information content (AvgIpc) is 2.45. The Bertz CT molecular complexity index is 448. The van der Waals surface area contributed by atoms with Crippen LogP contribution >= 0.6 is 0 Å². The predicted molar refractivity (Wildman–Crippen MR) is 82.1 cm³/mol. The largest absolute Gasteiger partial charge is 0.479 e. The van der Waals surface area contributed by atoms with Crippen LogP contribution in [0.5, 0.6) is 0 Å². The zero-order chi connectivity index (χ0) is 15.7. The molecule has 0 saturated carbocycles. The van der Waals surface area contributed by atoms with Gasteiger partial charge in [0.25, 0.3) is 0 Å². The van der Waals surface area contributed by atoms with Crippen molar-refractivity contribution in [3.8, 4) is 0 Å². The first kappa shape index (κ1) is 17.0. The molecular weight excluding hydrogens is 268 g/mol. The van der Waals surface area contributed by atoms with E-state index in [1.165, 1.54) is 0 Å². The molecule has 0 spiro atoms. The summed E-state index contributed by atoms with van der Waals surface area (Å²) in [7, 11) is 0. The van der Waals surface area contributed by atoms with Crippen LogP contribution in [-0.2, 0) is 4.79 Å². The van der Waals surface area contributed by atoms with Crippen molar-refractivity contribution in [2.24, 2.45) is 0 Å². The summed E-state index contributed by atoms with van der Waals surface area (Å²) in [6.07, 6.45) is 4.22. The summed E-state index contributed by atoms with van der Waals surface area (Å²) in [5.41, 5.74) is 0.554. The van der Waals surface area contributed by atoms with E-state index in [0.29, 0.717) is 5.56 Å². The molecule has 116 valence electrons. The van der Waals surface area contributed by atoms with Crippen LogP contribution in [0.15, 0.2) is 30.3 Å². The lowest BCUT2D eigenvalue weighted by atomic mass is 10.1.